The normalized spacial score (nSPS) is 15.0. The predicted octanol–water partition coefficient (Wildman–Crippen LogP) is 1.48. The van der Waals surface area contributed by atoms with Gasteiger partial charge in [0.1, 0.15) is 11.4 Å². The molecule has 5 heteroatoms. The van der Waals surface area contributed by atoms with Gasteiger partial charge in [0.05, 0.1) is 13.7 Å². The van der Waals surface area contributed by atoms with E-state index in [1.807, 2.05) is 6.07 Å². The van der Waals surface area contributed by atoms with E-state index < -0.39 is 0 Å². The Balaban J connectivity index is 0.00000218. The third-order valence-corrected chi connectivity index (χ3v) is 6.41. The van der Waals surface area contributed by atoms with Crippen LogP contribution in [0.25, 0.3) is 32.6 Å². The Morgan fingerprint density at radius 3 is 2.57 bits per heavy atom. The topological polar surface area (TPSA) is 44.9 Å². The van der Waals surface area contributed by atoms with Gasteiger partial charge in [0.2, 0.25) is 0 Å². The molecule has 0 aliphatic carbocycles. The highest BCUT2D eigenvalue weighted by Gasteiger charge is 2.14. The number of ether oxygens (including phenoxy) is 1. The van der Waals surface area contributed by atoms with Crippen molar-refractivity contribution >= 4 is 38.3 Å². The van der Waals surface area contributed by atoms with Gasteiger partial charge in [-0.15, -0.1) is 0 Å². The number of benzene rings is 3. The zero-order valence-electron chi connectivity index (χ0n) is 17.8. The van der Waals surface area contributed by atoms with Crippen molar-refractivity contribution in [2.45, 2.75) is 26.2 Å². The molecule has 4 nitrogen and oxygen atoms in total. The maximum absolute atomic E-state index is 5.49. The van der Waals surface area contributed by atoms with Crippen molar-refractivity contribution in [3.05, 3.63) is 48.0 Å². The number of nitrogens with two attached hydrogens (primary N) is 1. The van der Waals surface area contributed by atoms with Gasteiger partial charge in [0.15, 0.2) is 0 Å². The van der Waals surface area contributed by atoms with E-state index in [4.69, 9.17) is 4.74 Å². The maximum Gasteiger partial charge on any atom is 0.130 e. The van der Waals surface area contributed by atoms with Gasteiger partial charge >= 0.3 is 0 Å². The zero-order chi connectivity index (χ0) is 19.8. The van der Waals surface area contributed by atoms with Gasteiger partial charge in [-0.3, -0.25) is 4.90 Å². The zero-order valence-corrected chi connectivity index (χ0v) is 18.6. The largest absolute Gasteiger partial charge is 1.00 e. The van der Waals surface area contributed by atoms with Crippen LogP contribution in [0.2, 0.25) is 0 Å². The van der Waals surface area contributed by atoms with Gasteiger partial charge in [0.25, 0.3) is 0 Å². The standard InChI is InChI=1S/C25H29N3O.ClH/c1-17-14-24-25(22-16-19(29-2)7-9-23(22)27-24)21-15-18(6-8-20(17)21)26-10-13-28-11-4-3-5-12-28;/h6-9,14-16,26-27H,3-5,10-13H2,1-2H3;1H. The number of rotatable bonds is 5. The molecule has 5 rings (SSSR count). The minimum atomic E-state index is 0. The summed E-state index contributed by atoms with van der Waals surface area (Å²) in [6, 6.07) is 15.5. The highest BCUT2D eigenvalue weighted by atomic mass is 35.5. The molecular weight excluding hydrogens is 394 g/mol. The van der Waals surface area contributed by atoms with E-state index in [0.717, 1.165) is 17.8 Å². The van der Waals surface area contributed by atoms with Crippen LogP contribution in [0.5, 0.6) is 5.75 Å². The van der Waals surface area contributed by atoms with Crippen molar-refractivity contribution in [1.82, 2.24) is 9.88 Å². The van der Waals surface area contributed by atoms with Crippen LogP contribution in [0, 0.1) is 6.92 Å². The second-order valence-electron chi connectivity index (χ2n) is 8.35. The monoisotopic (exact) mass is 423 g/mol. The first-order valence-corrected chi connectivity index (χ1v) is 10.8. The lowest BCUT2D eigenvalue weighted by molar-refractivity contribution is -0.571. The summed E-state index contributed by atoms with van der Waals surface area (Å²) in [5, 5.41) is 7.58. The summed E-state index contributed by atoms with van der Waals surface area (Å²) < 4.78 is 5.49. The Hall–Kier alpha value is -2.27. The van der Waals surface area contributed by atoms with Crippen LogP contribution in [-0.2, 0) is 0 Å². The lowest BCUT2D eigenvalue weighted by Gasteiger charge is -2.25. The second-order valence-corrected chi connectivity index (χ2v) is 8.35. The van der Waals surface area contributed by atoms with E-state index in [1.165, 1.54) is 77.2 Å². The minimum absolute atomic E-state index is 0. The van der Waals surface area contributed by atoms with E-state index in [0.29, 0.717) is 0 Å². The Kier molecular flexibility index (Phi) is 6.19. The summed E-state index contributed by atoms with van der Waals surface area (Å²) in [6.45, 7) is 7.02. The molecule has 0 amide bonds. The molecule has 2 heterocycles. The number of hydrogen-bond acceptors (Lipinski definition) is 2. The van der Waals surface area contributed by atoms with Gasteiger partial charge < -0.3 is 27.4 Å². The SMILES string of the molecule is COc1ccc2[nH]c3cc(C)c4ccc([NH2+]CCN5CCCCC5)cc4c3c2c1.[Cl-]. The molecule has 0 spiro atoms. The van der Waals surface area contributed by atoms with Gasteiger partial charge in [-0.1, -0.05) is 6.42 Å². The van der Waals surface area contributed by atoms with Crippen molar-refractivity contribution in [3.63, 3.8) is 0 Å². The molecule has 0 unspecified atom stereocenters. The average molecular weight is 424 g/mol. The Labute approximate surface area is 184 Å². The van der Waals surface area contributed by atoms with Gasteiger partial charge in [-0.2, -0.15) is 0 Å². The van der Waals surface area contributed by atoms with Crippen molar-refractivity contribution < 1.29 is 22.5 Å². The molecule has 1 saturated heterocycles. The van der Waals surface area contributed by atoms with Gasteiger partial charge in [0, 0.05) is 34.4 Å². The third kappa shape index (κ3) is 3.87. The number of aromatic nitrogens is 1. The van der Waals surface area contributed by atoms with E-state index in [-0.39, 0.29) is 12.4 Å². The number of halogens is 1. The Morgan fingerprint density at radius 2 is 1.77 bits per heavy atom. The fourth-order valence-electron chi connectivity index (χ4n) is 4.85. The van der Waals surface area contributed by atoms with E-state index in [1.54, 1.807) is 7.11 Å². The molecule has 3 N–H and O–H groups in total. The van der Waals surface area contributed by atoms with E-state index in [9.17, 15) is 0 Å². The van der Waals surface area contributed by atoms with E-state index >= 15 is 0 Å². The van der Waals surface area contributed by atoms with Crippen LogP contribution < -0.4 is 22.5 Å². The quantitative estimate of drug-likeness (QED) is 0.477. The molecule has 0 saturated carbocycles. The average Bonchev–Trinajstić information content (AvgIpc) is 3.11. The summed E-state index contributed by atoms with van der Waals surface area (Å²) in [6.07, 6.45) is 4.12. The molecule has 0 atom stereocenters. The number of H-pyrrole nitrogens is 1. The number of aromatic amines is 1. The molecule has 1 fully saturated rings. The highest BCUT2D eigenvalue weighted by Crippen LogP contribution is 2.36. The third-order valence-electron chi connectivity index (χ3n) is 6.41. The number of aryl methyl sites for hydroxylation is 1. The maximum atomic E-state index is 5.49. The first kappa shape index (κ1) is 21.0. The van der Waals surface area contributed by atoms with Crippen molar-refractivity contribution in [2.75, 3.05) is 33.3 Å². The molecule has 30 heavy (non-hydrogen) atoms. The van der Waals surface area contributed by atoms with Crippen LogP contribution in [-0.4, -0.2) is 43.2 Å². The van der Waals surface area contributed by atoms with Crippen molar-refractivity contribution in [2.24, 2.45) is 0 Å². The number of piperidine rings is 1. The number of methoxy groups -OCH3 is 1. The minimum Gasteiger partial charge on any atom is -1.00 e. The molecular formula is C25H30ClN3O. The molecule has 0 bridgehead atoms. The molecule has 1 aliphatic heterocycles. The molecule has 4 aromatic rings. The number of quaternary nitrogens is 1. The van der Waals surface area contributed by atoms with Gasteiger partial charge in [-0.05, 0) is 85.6 Å². The fourth-order valence-corrected chi connectivity index (χ4v) is 4.85. The summed E-state index contributed by atoms with van der Waals surface area (Å²) in [5.74, 6) is 0.899. The summed E-state index contributed by atoms with van der Waals surface area (Å²) in [4.78, 5) is 6.20. The highest BCUT2D eigenvalue weighted by molar-refractivity contribution is 6.21. The number of fused-ring (bicyclic) bond motifs is 5. The predicted molar refractivity (Wildman–Crippen MR) is 121 cm³/mol. The van der Waals surface area contributed by atoms with Crippen LogP contribution >= 0.6 is 0 Å². The van der Waals surface area contributed by atoms with Crippen LogP contribution in [0.1, 0.15) is 24.8 Å². The second kappa shape index (κ2) is 8.84. The smallest absolute Gasteiger partial charge is 0.130 e. The lowest BCUT2D eigenvalue weighted by Crippen LogP contribution is -3.00. The molecule has 1 aromatic heterocycles. The number of hydrogen-bond donors (Lipinski definition) is 2. The summed E-state index contributed by atoms with van der Waals surface area (Å²) in [7, 11) is 1.73. The van der Waals surface area contributed by atoms with E-state index in [2.05, 4.69) is 58.5 Å². The van der Waals surface area contributed by atoms with Crippen LogP contribution in [0.3, 0.4) is 0 Å². The summed E-state index contributed by atoms with van der Waals surface area (Å²) in [5.41, 5.74) is 4.99. The number of nitrogens with zero attached hydrogens (tertiary/aromatic N) is 1. The molecule has 1 aliphatic rings. The fraction of sp³-hybridized carbons (Fsp3) is 0.360. The lowest BCUT2D eigenvalue weighted by atomic mass is 9.99. The summed E-state index contributed by atoms with van der Waals surface area (Å²) >= 11 is 0. The Morgan fingerprint density at radius 1 is 0.933 bits per heavy atom. The Bertz CT molecular complexity index is 1180. The molecule has 3 aromatic carbocycles. The molecule has 158 valence electrons. The molecule has 0 radical (unpaired) electrons. The van der Waals surface area contributed by atoms with Crippen LogP contribution in [0.4, 0.5) is 5.69 Å². The van der Waals surface area contributed by atoms with Crippen LogP contribution in [0.15, 0.2) is 42.5 Å². The van der Waals surface area contributed by atoms with Crippen molar-refractivity contribution in [3.8, 4) is 5.75 Å². The first-order chi connectivity index (χ1) is 14.2. The van der Waals surface area contributed by atoms with Gasteiger partial charge in [-0.25, -0.2) is 0 Å². The first-order valence-electron chi connectivity index (χ1n) is 10.8. The number of likely N-dealkylation sites (tertiary alicyclic amines) is 1. The van der Waals surface area contributed by atoms with Crippen molar-refractivity contribution in [1.29, 1.82) is 0 Å². The number of nitrogens with one attached hydrogen (secondary N) is 1.